The van der Waals surface area contributed by atoms with Gasteiger partial charge in [0.2, 0.25) is 0 Å². The Morgan fingerprint density at radius 3 is 2.78 bits per heavy atom. The van der Waals surface area contributed by atoms with E-state index in [1.54, 1.807) is 11.3 Å². The zero-order chi connectivity index (χ0) is 13.0. The molecule has 2 aromatic rings. The minimum Gasteiger partial charge on any atom is -0.396 e. The molecule has 0 saturated carbocycles. The van der Waals surface area contributed by atoms with Crippen LogP contribution in [0.25, 0.3) is 0 Å². The summed E-state index contributed by atoms with van der Waals surface area (Å²) in [5.41, 5.74) is 3.99. The highest BCUT2D eigenvalue weighted by Gasteiger charge is 2.14. The van der Waals surface area contributed by atoms with Crippen LogP contribution in [0.3, 0.4) is 0 Å². The average Bonchev–Trinajstić information content (AvgIpc) is 2.78. The number of halogens is 1. The fourth-order valence-corrected chi connectivity index (χ4v) is 3.11. The molecule has 0 saturated heterocycles. The molecule has 1 aromatic heterocycles. The Hall–Kier alpha value is -0.900. The largest absolute Gasteiger partial charge is 0.396 e. The Bertz CT molecular complexity index is 512. The number of nitrogens with zero attached hydrogens (tertiary/aromatic N) is 1. The predicted molar refractivity (Wildman–Crippen MR) is 76.5 cm³/mol. The van der Waals surface area contributed by atoms with Gasteiger partial charge in [0.15, 0.2) is 0 Å². The Morgan fingerprint density at radius 2 is 2.17 bits per heavy atom. The number of thiazole rings is 1. The van der Waals surface area contributed by atoms with E-state index in [-0.39, 0.29) is 12.5 Å². The summed E-state index contributed by atoms with van der Waals surface area (Å²) < 4.78 is 0. The lowest BCUT2D eigenvalue weighted by molar-refractivity contribution is 0.259. The molecule has 0 fully saturated rings. The zero-order valence-corrected chi connectivity index (χ0v) is 11.8. The van der Waals surface area contributed by atoms with Crippen LogP contribution in [0.2, 0.25) is 5.02 Å². The van der Waals surface area contributed by atoms with Crippen LogP contribution in [0, 0.1) is 6.92 Å². The lowest BCUT2D eigenvalue weighted by Gasteiger charge is -2.15. The fourth-order valence-electron chi connectivity index (χ4n) is 2.02. The van der Waals surface area contributed by atoms with Crippen molar-refractivity contribution in [2.45, 2.75) is 25.7 Å². The van der Waals surface area contributed by atoms with Crippen molar-refractivity contribution in [2.75, 3.05) is 6.61 Å². The number of benzene rings is 1. The van der Waals surface area contributed by atoms with Crippen LogP contribution >= 0.6 is 22.9 Å². The molecule has 18 heavy (non-hydrogen) atoms. The molecular formula is C14H16ClNOS. The van der Waals surface area contributed by atoms with Gasteiger partial charge in [-0.25, -0.2) is 4.98 Å². The number of rotatable bonds is 5. The molecular weight excluding hydrogens is 266 g/mol. The second-order valence-electron chi connectivity index (χ2n) is 4.30. The first-order chi connectivity index (χ1) is 8.72. The minimum atomic E-state index is 0.0974. The molecule has 1 aromatic carbocycles. The maximum atomic E-state index is 9.53. The molecule has 0 aliphatic rings. The van der Waals surface area contributed by atoms with Gasteiger partial charge in [0, 0.05) is 22.4 Å². The second kappa shape index (κ2) is 6.32. The molecule has 0 aliphatic heterocycles. The number of aliphatic hydroxyl groups is 1. The van der Waals surface area contributed by atoms with E-state index in [2.05, 4.69) is 4.98 Å². The van der Waals surface area contributed by atoms with Crippen LogP contribution in [-0.4, -0.2) is 16.7 Å². The third-order valence-electron chi connectivity index (χ3n) is 3.13. The molecule has 4 heteroatoms. The maximum Gasteiger partial charge on any atom is 0.0797 e. The Morgan fingerprint density at radius 1 is 1.39 bits per heavy atom. The first-order valence-corrected chi connectivity index (χ1v) is 7.22. The maximum absolute atomic E-state index is 9.53. The Labute approximate surface area is 116 Å². The monoisotopic (exact) mass is 281 g/mol. The van der Waals surface area contributed by atoms with Gasteiger partial charge in [-0.05, 0) is 31.4 Å². The van der Waals surface area contributed by atoms with Crippen LogP contribution in [0.15, 0.2) is 29.8 Å². The van der Waals surface area contributed by atoms with E-state index in [1.807, 2.05) is 36.7 Å². The van der Waals surface area contributed by atoms with Crippen molar-refractivity contribution < 1.29 is 5.11 Å². The molecule has 1 N–H and O–H groups in total. The summed E-state index contributed by atoms with van der Waals surface area (Å²) in [6.45, 7) is 2.15. The topological polar surface area (TPSA) is 33.1 Å². The van der Waals surface area contributed by atoms with E-state index in [1.165, 1.54) is 4.88 Å². The van der Waals surface area contributed by atoms with Crippen LogP contribution in [0.4, 0.5) is 0 Å². The number of hydrogen-bond acceptors (Lipinski definition) is 3. The van der Waals surface area contributed by atoms with Crippen LogP contribution in [-0.2, 0) is 6.42 Å². The summed E-state index contributed by atoms with van der Waals surface area (Å²) in [5, 5.41) is 10.3. The van der Waals surface area contributed by atoms with Crippen LogP contribution in [0.5, 0.6) is 0 Å². The van der Waals surface area contributed by atoms with Gasteiger partial charge >= 0.3 is 0 Å². The molecule has 1 atom stereocenters. The summed E-state index contributed by atoms with van der Waals surface area (Å²) in [4.78, 5) is 5.53. The molecule has 96 valence electrons. The van der Waals surface area contributed by atoms with Crippen molar-refractivity contribution in [1.82, 2.24) is 4.98 Å². The van der Waals surface area contributed by atoms with Crippen molar-refractivity contribution in [3.63, 3.8) is 0 Å². The predicted octanol–water partition coefficient (Wildman–Crippen LogP) is 3.81. The van der Waals surface area contributed by atoms with Gasteiger partial charge in [-0.3, -0.25) is 0 Å². The van der Waals surface area contributed by atoms with E-state index >= 15 is 0 Å². The molecule has 2 nitrogen and oxygen atoms in total. The fraction of sp³-hybridized carbons (Fsp3) is 0.357. The third kappa shape index (κ3) is 3.10. The van der Waals surface area contributed by atoms with Gasteiger partial charge in [-0.2, -0.15) is 0 Å². The molecule has 1 heterocycles. The van der Waals surface area contributed by atoms with Gasteiger partial charge in [0.1, 0.15) is 0 Å². The van der Waals surface area contributed by atoms with Gasteiger partial charge in [0.05, 0.1) is 11.2 Å². The van der Waals surface area contributed by atoms with E-state index in [0.717, 1.165) is 29.1 Å². The van der Waals surface area contributed by atoms with Crippen LogP contribution < -0.4 is 0 Å². The second-order valence-corrected chi connectivity index (χ2v) is 5.65. The SMILES string of the molecule is Cc1ncsc1CCC(CO)c1ccccc1Cl. The molecule has 0 spiro atoms. The lowest BCUT2D eigenvalue weighted by Crippen LogP contribution is -2.06. The van der Waals surface area contributed by atoms with E-state index < -0.39 is 0 Å². The minimum absolute atomic E-state index is 0.0974. The normalized spacial score (nSPS) is 12.6. The van der Waals surface area contributed by atoms with Crippen molar-refractivity contribution in [2.24, 2.45) is 0 Å². The van der Waals surface area contributed by atoms with Crippen molar-refractivity contribution in [1.29, 1.82) is 0 Å². The number of aliphatic hydroxyl groups excluding tert-OH is 1. The quantitative estimate of drug-likeness (QED) is 0.904. The van der Waals surface area contributed by atoms with E-state index in [9.17, 15) is 5.11 Å². The Balaban J connectivity index is 2.07. The van der Waals surface area contributed by atoms with Gasteiger partial charge < -0.3 is 5.11 Å². The number of aromatic nitrogens is 1. The van der Waals surface area contributed by atoms with Crippen molar-refractivity contribution >= 4 is 22.9 Å². The summed E-state index contributed by atoms with van der Waals surface area (Å²) in [5.74, 6) is 0.0974. The van der Waals surface area contributed by atoms with Crippen molar-refractivity contribution in [3.05, 3.63) is 50.9 Å². The molecule has 0 aliphatic carbocycles. The standard InChI is InChI=1S/C14H16ClNOS/c1-10-14(18-9-16-10)7-6-11(8-17)12-4-2-3-5-13(12)15/h2-5,9,11,17H,6-8H2,1H3. The van der Waals surface area contributed by atoms with Gasteiger partial charge in [0.25, 0.3) is 0 Å². The number of hydrogen-bond donors (Lipinski definition) is 1. The first kappa shape index (κ1) is 13.5. The highest BCUT2D eigenvalue weighted by Crippen LogP contribution is 2.28. The average molecular weight is 282 g/mol. The zero-order valence-electron chi connectivity index (χ0n) is 10.3. The smallest absolute Gasteiger partial charge is 0.0797 e. The highest BCUT2D eigenvalue weighted by molar-refractivity contribution is 7.09. The van der Waals surface area contributed by atoms with E-state index in [4.69, 9.17) is 11.6 Å². The molecule has 1 unspecified atom stereocenters. The first-order valence-electron chi connectivity index (χ1n) is 5.96. The lowest BCUT2D eigenvalue weighted by atomic mass is 9.94. The number of aryl methyl sites for hydroxylation is 2. The molecule has 0 radical (unpaired) electrons. The molecule has 0 bridgehead atoms. The van der Waals surface area contributed by atoms with Crippen LogP contribution in [0.1, 0.15) is 28.5 Å². The highest BCUT2D eigenvalue weighted by atomic mass is 35.5. The molecule has 0 amide bonds. The van der Waals surface area contributed by atoms with E-state index in [0.29, 0.717) is 0 Å². The molecule has 2 rings (SSSR count). The summed E-state index contributed by atoms with van der Waals surface area (Å²) in [7, 11) is 0. The third-order valence-corrected chi connectivity index (χ3v) is 4.47. The van der Waals surface area contributed by atoms with Gasteiger partial charge in [-0.1, -0.05) is 29.8 Å². The summed E-state index contributed by atoms with van der Waals surface area (Å²) in [6.07, 6.45) is 1.83. The van der Waals surface area contributed by atoms with Crippen molar-refractivity contribution in [3.8, 4) is 0 Å². The summed E-state index contributed by atoms with van der Waals surface area (Å²) >= 11 is 7.84. The summed E-state index contributed by atoms with van der Waals surface area (Å²) in [6, 6.07) is 7.73. The van der Waals surface area contributed by atoms with Gasteiger partial charge in [-0.15, -0.1) is 11.3 Å². The Kier molecular flexibility index (Phi) is 4.75.